The molecule has 9 nitrogen and oxygen atoms in total. The van der Waals surface area contributed by atoms with Crippen LogP contribution in [0.5, 0.6) is 0 Å². The van der Waals surface area contributed by atoms with Gasteiger partial charge in [-0.3, -0.25) is 9.59 Å². The lowest BCUT2D eigenvalue weighted by Crippen LogP contribution is -2.48. The third-order valence-corrected chi connectivity index (χ3v) is 3.53. The van der Waals surface area contributed by atoms with Gasteiger partial charge in [-0.15, -0.1) is 0 Å². The Morgan fingerprint density at radius 1 is 1.11 bits per heavy atom. The van der Waals surface area contributed by atoms with Crippen molar-refractivity contribution in [3.8, 4) is 0 Å². The molecule has 140 valence electrons. The van der Waals surface area contributed by atoms with Gasteiger partial charge in [0, 0.05) is 24.2 Å². The molecule has 0 aliphatic rings. The maximum Gasteiger partial charge on any atom is 0.357 e. The summed E-state index contributed by atoms with van der Waals surface area (Å²) in [6, 6.07) is 9.83. The number of rotatable bonds is 8. The van der Waals surface area contributed by atoms with Gasteiger partial charge in [-0.2, -0.15) is 0 Å². The van der Waals surface area contributed by atoms with Crippen molar-refractivity contribution >= 4 is 30.0 Å². The topological polar surface area (TPSA) is 134 Å². The highest BCUT2D eigenvalue weighted by Crippen LogP contribution is 2.06. The van der Waals surface area contributed by atoms with Crippen LogP contribution < -0.4 is 10.6 Å². The number of nitrogens with one attached hydrogen (secondary N) is 3. The molecular weight excluding hydrogens is 350 g/mol. The van der Waals surface area contributed by atoms with Gasteiger partial charge >= 0.3 is 11.9 Å². The van der Waals surface area contributed by atoms with Crippen LogP contribution in [0.4, 0.5) is 5.95 Å². The third kappa shape index (κ3) is 5.70. The van der Waals surface area contributed by atoms with Gasteiger partial charge in [0.1, 0.15) is 0 Å². The number of nitrogens with zero attached hydrogens (tertiary/aromatic N) is 2. The number of amides is 1. The minimum absolute atomic E-state index is 0.0688. The summed E-state index contributed by atoms with van der Waals surface area (Å²) in [6.07, 6.45) is 2.72. The first-order chi connectivity index (χ1) is 13.0. The fraction of sp³-hybridized carbons (Fsp3) is 0.222. The lowest BCUT2D eigenvalue weighted by molar-refractivity contribution is -0.162. The van der Waals surface area contributed by atoms with E-state index in [1.54, 1.807) is 43.3 Å². The number of hydrogen-bond acceptors (Lipinski definition) is 8. The van der Waals surface area contributed by atoms with Crippen LogP contribution in [0.1, 0.15) is 23.7 Å². The molecule has 27 heavy (non-hydrogen) atoms. The number of carbonyl (C=O) groups excluding carboxylic acids is 3. The molecule has 0 radical (unpaired) electrons. The summed E-state index contributed by atoms with van der Waals surface area (Å²) in [5.74, 6) is -3.22. The number of hydrogen-bond donors (Lipinski definition) is 3. The van der Waals surface area contributed by atoms with Crippen molar-refractivity contribution in [1.29, 1.82) is 5.41 Å². The maximum absolute atomic E-state index is 12.4. The van der Waals surface area contributed by atoms with Crippen LogP contribution in [0.2, 0.25) is 0 Å². The van der Waals surface area contributed by atoms with Crippen LogP contribution in [-0.2, 0) is 14.3 Å². The van der Waals surface area contributed by atoms with Gasteiger partial charge in [0.2, 0.25) is 12.1 Å². The van der Waals surface area contributed by atoms with Crippen molar-refractivity contribution < 1.29 is 19.1 Å². The van der Waals surface area contributed by atoms with Crippen molar-refractivity contribution in [2.24, 2.45) is 5.92 Å². The lowest BCUT2D eigenvalue weighted by atomic mass is 10.1. The molecule has 2 atom stereocenters. The first kappa shape index (κ1) is 19.7. The minimum atomic E-state index is -1.40. The van der Waals surface area contributed by atoms with Crippen LogP contribution in [-0.4, -0.2) is 40.2 Å². The van der Waals surface area contributed by atoms with Crippen molar-refractivity contribution in [3.63, 3.8) is 0 Å². The molecule has 2 unspecified atom stereocenters. The predicted octanol–water partition coefficient (Wildman–Crippen LogP) is 1.39. The Morgan fingerprint density at radius 3 is 2.37 bits per heavy atom. The van der Waals surface area contributed by atoms with Crippen molar-refractivity contribution in [3.05, 3.63) is 54.4 Å². The summed E-state index contributed by atoms with van der Waals surface area (Å²) < 4.78 is 4.80. The van der Waals surface area contributed by atoms with E-state index < -0.39 is 29.9 Å². The van der Waals surface area contributed by atoms with Gasteiger partial charge in [0.15, 0.2) is 0 Å². The Labute approximate surface area is 155 Å². The number of ether oxygens (including phenoxy) is 1. The molecule has 0 saturated heterocycles. The second-order valence-electron chi connectivity index (χ2n) is 5.41. The molecule has 0 fully saturated rings. The molecule has 0 spiro atoms. The van der Waals surface area contributed by atoms with E-state index in [0.717, 1.165) is 6.21 Å². The quantitative estimate of drug-likeness (QED) is 0.277. The predicted molar refractivity (Wildman–Crippen MR) is 97.0 cm³/mol. The monoisotopic (exact) mass is 369 g/mol. The molecule has 2 aromatic rings. The summed E-state index contributed by atoms with van der Waals surface area (Å²) >= 11 is 0. The Hall–Kier alpha value is -3.62. The largest absolute Gasteiger partial charge is 0.390 e. The number of anilines is 1. The third-order valence-electron chi connectivity index (χ3n) is 3.53. The van der Waals surface area contributed by atoms with E-state index in [-0.39, 0.29) is 5.95 Å². The van der Waals surface area contributed by atoms with Crippen LogP contribution in [0.3, 0.4) is 0 Å². The number of benzene rings is 1. The number of aromatic nitrogens is 2. The van der Waals surface area contributed by atoms with Crippen LogP contribution in [0.15, 0.2) is 48.8 Å². The maximum atomic E-state index is 12.4. The van der Waals surface area contributed by atoms with Crippen LogP contribution in [0, 0.1) is 11.3 Å². The molecule has 1 heterocycles. The fourth-order valence-electron chi connectivity index (χ4n) is 2.05. The summed E-state index contributed by atoms with van der Waals surface area (Å²) in [7, 11) is 0. The second-order valence-corrected chi connectivity index (χ2v) is 5.41. The molecule has 0 saturated carbocycles. The average Bonchev–Trinajstić information content (AvgIpc) is 2.69. The molecule has 9 heteroatoms. The summed E-state index contributed by atoms with van der Waals surface area (Å²) in [4.78, 5) is 44.6. The van der Waals surface area contributed by atoms with Crippen molar-refractivity contribution in [2.45, 2.75) is 19.5 Å². The molecule has 0 bridgehead atoms. The van der Waals surface area contributed by atoms with Crippen molar-refractivity contribution in [2.75, 3.05) is 5.32 Å². The first-order valence-corrected chi connectivity index (χ1v) is 8.20. The average molecular weight is 369 g/mol. The molecule has 1 aromatic heterocycles. The molecule has 1 aromatic carbocycles. The SMILES string of the molecule is CCC(C=N)C(=O)OC(=O)C(NC(=O)c1ccccc1)Nc1ncccn1. The summed E-state index contributed by atoms with van der Waals surface area (Å²) in [5, 5.41) is 12.3. The van der Waals surface area contributed by atoms with E-state index in [1.165, 1.54) is 12.4 Å². The van der Waals surface area contributed by atoms with Gasteiger partial charge in [0.25, 0.3) is 5.91 Å². The van der Waals surface area contributed by atoms with E-state index in [1.807, 2.05) is 0 Å². The Bertz CT molecular complexity index is 798. The van der Waals surface area contributed by atoms with Crippen LogP contribution in [0.25, 0.3) is 0 Å². The zero-order valence-corrected chi connectivity index (χ0v) is 14.6. The Morgan fingerprint density at radius 2 is 1.78 bits per heavy atom. The Balaban J connectivity index is 2.15. The zero-order chi connectivity index (χ0) is 19.6. The summed E-state index contributed by atoms with van der Waals surface area (Å²) in [5.41, 5.74) is 0.323. The standard InChI is InChI=1S/C18H19N5O4/c1-2-12(11-19)16(25)27-17(26)14(23-18-20-9-6-10-21-18)22-15(24)13-7-4-3-5-8-13/h3-12,14,19H,2H2,1H3,(H,22,24)(H,20,21,23). The molecular formula is C18H19N5O4. The molecule has 0 aliphatic carbocycles. The first-order valence-electron chi connectivity index (χ1n) is 8.20. The van der Waals surface area contributed by atoms with Crippen LogP contribution >= 0.6 is 0 Å². The number of esters is 2. The molecule has 2 rings (SSSR count). The number of carbonyl (C=O) groups is 3. The van der Waals surface area contributed by atoms with E-state index in [2.05, 4.69) is 20.6 Å². The van der Waals surface area contributed by atoms with Gasteiger partial charge < -0.3 is 20.8 Å². The Kier molecular flexibility index (Phi) is 7.12. The molecule has 0 aliphatic heterocycles. The smallest absolute Gasteiger partial charge is 0.357 e. The van der Waals surface area contributed by atoms with Gasteiger partial charge in [-0.1, -0.05) is 25.1 Å². The minimum Gasteiger partial charge on any atom is -0.390 e. The lowest BCUT2D eigenvalue weighted by Gasteiger charge is -2.19. The summed E-state index contributed by atoms with van der Waals surface area (Å²) in [6.45, 7) is 1.69. The highest BCUT2D eigenvalue weighted by molar-refractivity contribution is 6.00. The van der Waals surface area contributed by atoms with E-state index >= 15 is 0 Å². The van der Waals surface area contributed by atoms with Gasteiger partial charge in [-0.25, -0.2) is 14.8 Å². The van der Waals surface area contributed by atoms with E-state index in [0.29, 0.717) is 12.0 Å². The van der Waals surface area contributed by atoms with Gasteiger partial charge in [0.05, 0.1) is 5.92 Å². The van der Waals surface area contributed by atoms with Gasteiger partial charge in [-0.05, 0) is 24.6 Å². The zero-order valence-electron chi connectivity index (χ0n) is 14.6. The second kappa shape index (κ2) is 9.76. The highest BCUT2D eigenvalue weighted by atomic mass is 16.6. The van der Waals surface area contributed by atoms with E-state index in [4.69, 9.17) is 10.1 Å². The normalized spacial score (nSPS) is 12.3. The molecule has 3 N–H and O–H groups in total. The molecule has 1 amide bonds. The fourth-order valence-corrected chi connectivity index (χ4v) is 2.05. The highest BCUT2D eigenvalue weighted by Gasteiger charge is 2.28. The van der Waals surface area contributed by atoms with Crippen molar-refractivity contribution in [1.82, 2.24) is 15.3 Å². The van der Waals surface area contributed by atoms with E-state index in [9.17, 15) is 14.4 Å².